The van der Waals surface area contributed by atoms with E-state index in [0.717, 1.165) is 0 Å². The Morgan fingerprint density at radius 2 is 1.93 bits per heavy atom. The van der Waals surface area contributed by atoms with Gasteiger partial charge in [-0.15, -0.1) is 0 Å². The molecule has 0 saturated carbocycles. The first-order valence-electron chi connectivity index (χ1n) is 9.11. The van der Waals surface area contributed by atoms with Crippen molar-refractivity contribution < 1.29 is 22.9 Å². The third kappa shape index (κ3) is 6.01. The molecule has 2 rings (SSSR count). The molecule has 10 heteroatoms. The second kappa shape index (κ2) is 9.13. The molecule has 1 atom stereocenters. The third-order valence-corrected chi connectivity index (χ3v) is 6.25. The van der Waals surface area contributed by atoms with Crippen LogP contribution in [0.15, 0.2) is 24.3 Å². The van der Waals surface area contributed by atoms with E-state index in [1.807, 2.05) is 13.8 Å². The summed E-state index contributed by atoms with van der Waals surface area (Å²) >= 11 is 0. The molecule has 1 N–H and O–H groups in total. The fourth-order valence-corrected chi connectivity index (χ4v) is 4.86. The second-order valence-corrected chi connectivity index (χ2v) is 9.54. The summed E-state index contributed by atoms with van der Waals surface area (Å²) in [6, 6.07) is 4.87. The van der Waals surface area contributed by atoms with E-state index in [2.05, 4.69) is 5.32 Å². The number of rotatable bonds is 8. The van der Waals surface area contributed by atoms with Gasteiger partial charge in [0, 0.05) is 43.2 Å². The van der Waals surface area contributed by atoms with Crippen LogP contribution in [0, 0.1) is 16.0 Å². The predicted molar refractivity (Wildman–Crippen MR) is 104 cm³/mol. The number of benzene rings is 1. The number of nitro groups is 1. The van der Waals surface area contributed by atoms with Crippen LogP contribution in [0.4, 0.5) is 5.69 Å². The molecule has 1 aromatic rings. The van der Waals surface area contributed by atoms with Gasteiger partial charge in [0.15, 0.2) is 9.84 Å². The number of non-ortho nitro benzene ring substituents is 1. The minimum absolute atomic E-state index is 0.0133. The van der Waals surface area contributed by atoms with Gasteiger partial charge in [0.05, 0.1) is 16.4 Å². The summed E-state index contributed by atoms with van der Waals surface area (Å²) in [7, 11) is -3.10. The highest BCUT2D eigenvalue weighted by Crippen LogP contribution is 2.20. The van der Waals surface area contributed by atoms with Crippen molar-refractivity contribution in [2.24, 2.45) is 5.92 Å². The standard InChI is InChI=1S/C18H25N3O6S/c1-13(2)11-20(16-8-10-28(26,27)12-16)17(22)7-9-19-18(23)14-3-5-15(6-4-14)21(24)25/h3-6,13,16H,7-12H2,1-2H3,(H,19,23)/t16-/m1/s1. The fourth-order valence-electron chi connectivity index (χ4n) is 3.13. The summed E-state index contributed by atoms with van der Waals surface area (Å²) in [5, 5.41) is 13.3. The van der Waals surface area contributed by atoms with Gasteiger partial charge in [0.25, 0.3) is 11.6 Å². The monoisotopic (exact) mass is 411 g/mol. The largest absolute Gasteiger partial charge is 0.352 e. The fraction of sp³-hybridized carbons (Fsp3) is 0.556. The van der Waals surface area contributed by atoms with Crippen LogP contribution in [0.5, 0.6) is 0 Å². The Morgan fingerprint density at radius 3 is 2.43 bits per heavy atom. The average molecular weight is 411 g/mol. The highest BCUT2D eigenvalue weighted by atomic mass is 32.2. The third-order valence-electron chi connectivity index (χ3n) is 4.50. The van der Waals surface area contributed by atoms with Gasteiger partial charge in [-0.25, -0.2) is 8.42 Å². The molecule has 0 bridgehead atoms. The van der Waals surface area contributed by atoms with Gasteiger partial charge in [-0.3, -0.25) is 19.7 Å². The number of nitro benzene ring substituents is 1. The van der Waals surface area contributed by atoms with Crippen molar-refractivity contribution in [2.75, 3.05) is 24.6 Å². The predicted octanol–water partition coefficient (Wildman–Crippen LogP) is 1.39. The number of carbonyl (C=O) groups is 2. The Hall–Kier alpha value is -2.49. The molecule has 0 aliphatic carbocycles. The molecule has 1 saturated heterocycles. The van der Waals surface area contributed by atoms with Crippen molar-refractivity contribution in [1.82, 2.24) is 10.2 Å². The minimum Gasteiger partial charge on any atom is -0.352 e. The van der Waals surface area contributed by atoms with Crippen LogP contribution in [0.2, 0.25) is 0 Å². The highest BCUT2D eigenvalue weighted by molar-refractivity contribution is 7.91. The molecular formula is C18H25N3O6S. The van der Waals surface area contributed by atoms with Gasteiger partial charge in [-0.2, -0.15) is 0 Å². The number of nitrogens with one attached hydrogen (secondary N) is 1. The van der Waals surface area contributed by atoms with E-state index in [-0.39, 0.29) is 53.6 Å². The van der Waals surface area contributed by atoms with Crippen molar-refractivity contribution in [1.29, 1.82) is 0 Å². The molecule has 0 radical (unpaired) electrons. The highest BCUT2D eigenvalue weighted by Gasteiger charge is 2.34. The summed E-state index contributed by atoms with van der Waals surface area (Å²) in [5.41, 5.74) is 0.154. The summed E-state index contributed by atoms with van der Waals surface area (Å²) in [6.07, 6.45) is 0.498. The van der Waals surface area contributed by atoms with Crippen LogP contribution in [0.1, 0.15) is 37.0 Å². The zero-order chi connectivity index (χ0) is 20.9. The van der Waals surface area contributed by atoms with Crippen LogP contribution in [-0.2, 0) is 14.6 Å². The summed E-state index contributed by atoms with van der Waals surface area (Å²) in [6.45, 7) is 4.48. The normalized spacial score (nSPS) is 18.0. The number of hydrogen-bond donors (Lipinski definition) is 1. The molecule has 1 heterocycles. The molecule has 154 valence electrons. The van der Waals surface area contributed by atoms with Gasteiger partial charge in [0.2, 0.25) is 5.91 Å². The molecule has 28 heavy (non-hydrogen) atoms. The molecule has 1 aromatic carbocycles. The van der Waals surface area contributed by atoms with Crippen molar-refractivity contribution in [3.05, 3.63) is 39.9 Å². The maximum absolute atomic E-state index is 12.6. The molecule has 1 fully saturated rings. The van der Waals surface area contributed by atoms with Gasteiger partial charge in [-0.05, 0) is 24.5 Å². The number of carbonyl (C=O) groups excluding carboxylic acids is 2. The zero-order valence-electron chi connectivity index (χ0n) is 16.0. The van der Waals surface area contributed by atoms with Gasteiger partial charge in [-0.1, -0.05) is 13.8 Å². The van der Waals surface area contributed by atoms with Crippen LogP contribution in [0.3, 0.4) is 0 Å². The lowest BCUT2D eigenvalue weighted by molar-refractivity contribution is -0.384. The Labute approximate surface area is 164 Å². The van der Waals surface area contributed by atoms with E-state index in [0.29, 0.717) is 13.0 Å². The van der Waals surface area contributed by atoms with E-state index in [4.69, 9.17) is 0 Å². The smallest absolute Gasteiger partial charge is 0.269 e. The number of hydrogen-bond acceptors (Lipinski definition) is 6. The molecule has 0 aromatic heterocycles. The Balaban J connectivity index is 1.91. The van der Waals surface area contributed by atoms with Gasteiger partial charge < -0.3 is 10.2 Å². The maximum Gasteiger partial charge on any atom is 0.269 e. The van der Waals surface area contributed by atoms with Crippen LogP contribution in [0.25, 0.3) is 0 Å². The van der Waals surface area contributed by atoms with Crippen molar-refractivity contribution in [3.63, 3.8) is 0 Å². The average Bonchev–Trinajstić information content (AvgIpc) is 2.98. The van der Waals surface area contributed by atoms with Crippen molar-refractivity contribution >= 4 is 27.3 Å². The molecule has 0 spiro atoms. The lowest BCUT2D eigenvalue weighted by Gasteiger charge is -2.30. The molecule has 1 aliphatic heterocycles. The molecule has 9 nitrogen and oxygen atoms in total. The Morgan fingerprint density at radius 1 is 1.29 bits per heavy atom. The van der Waals surface area contributed by atoms with Crippen LogP contribution < -0.4 is 5.32 Å². The van der Waals surface area contributed by atoms with E-state index in [1.165, 1.54) is 24.3 Å². The van der Waals surface area contributed by atoms with E-state index in [9.17, 15) is 28.1 Å². The zero-order valence-corrected chi connectivity index (χ0v) is 16.8. The molecule has 2 amide bonds. The summed E-state index contributed by atoms with van der Waals surface area (Å²) < 4.78 is 23.5. The van der Waals surface area contributed by atoms with E-state index >= 15 is 0 Å². The van der Waals surface area contributed by atoms with Gasteiger partial charge >= 0.3 is 0 Å². The first-order chi connectivity index (χ1) is 13.1. The molecule has 1 aliphatic rings. The minimum atomic E-state index is -3.10. The van der Waals surface area contributed by atoms with E-state index < -0.39 is 20.7 Å². The molecule has 0 unspecified atom stereocenters. The first-order valence-corrected chi connectivity index (χ1v) is 10.9. The number of sulfone groups is 1. The van der Waals surface area contributed by atoms with Gasteiger partial charge in [0.1, 0.15) is 0 Å². The number of nitrogens with zero attached hydrogens (tertiary/aromatic N) is 2. The first kappa shape index (κ1) is 21.8. The molecular weight excluding hydrogens is 386 g/mol. The summed E-state index contributed by atoms with van der Waals surface area (Å²) in [4.78, 5) is 36.4. The SMILES string of the molecule is CC(C)CN(C(=O)CCNC(=O)c1ccc([N+](=O)[O-])cc1)[C@@H]1CCS(=O)(=O)C1. The summed E-state index contributed by atoms with van der Waals surface area (Å²) in [5.74, 6) is -0.347. The van der Waals surface area contributed by atoms with Crippen LogP contribution >= 0.6 is 0 Å². The van der Waals surface area contributed by atoms with Crippen molar-refractivity contribution in [3.8, 4) is 0 Å². The second-order valence-electron chi connectivity index (χ2n) is 7.31. The van der Waals surface area contributed by atoms with Crippen molar-refractivity contribution in [2.45, 2.75) is 32.7 Å². The maximum atomic E-state index is 12.6. The lowest BCUT2D eigenvalue weighted by Crippen LogP contribution is -2.44. The van der Waals surface area contributed by atoms with E-state index in [1.54, 1.807) is 4.90 Å². The Bertz CT molecular complexity index is 835. The lowest BCUT2D eigenvalue weighted by atomic mass is 10.1. The quantitative estimate of drug-likeness (QED) is 0.509. The number of amides is 2. The topological polar surface area (TPSA) is 127 Å². The van der Waals surface area contributed by atoms with Crippen LogP contribution in [-0.4, -0.2) is 60.7 Å². The Kier molecular flexibility index (Phi) is 7.11.